The topological polar surface area (TPSA) is 20.2 Å². The molecular weight excluding hydrogens is 198 g/mol. The summed E-state index contributed by atoms with van der Waals surface area (Å²) in [5.41, 5.74) is -1.09. The molecule has 0 aliphatic heterocycles. The van der Waals surface area contributed by atoms with Crippen molar-refractivity contribution < 1.29 is 13.9 Å². The first kappa shape index (κ1) is 11.9. The quantitative estimate of drug-likeness (QED) is 0.798. The summed E-state index contributed by atoms with van der Waals surface area (Å²) in [5.74, 6) is -1.32. The van der Waals surface area contributed by atoms with E-state index in [1.807, 2.05) is 0 Å². The summed E-state index contributed by atoms with van der Waals surface area (Å²) in [6.07, 6.45) is 2.92. The molecule has 0 heterocycles. The maximum Gasteiger partial charge on any atom is 0.133 e. The minimum absolute atomic E-state index is 0.0782. The second kappa shape index (κ2) is 4.11. The van der Waals surface area contributed by atoms with Crippen LogP contribution in [0, 0.1) is 11.6 Å². The van der Waals surface area contributed by atoms with Gasteiger partial charge in [-0.25, -0.2) is 8.78 Å². The van der Waals surface area contributed by atoms with Crippen LogP contribution in [0.3, 0.4) is 0 Å². The number of allylic oxidation sites excluding steroid dienone is 1. The molecule has 0 spiro atoms. The van der Waals surface area contributed by atoms with E-state index in [9.17, 15) is 13.9 Å². The molecule has 0 amide bonds. The Hall–Kier alpha value is -1.22. The second-order valence-electron chi connectivity index (χ2n) is 3.91. The monoisotopic (exact) mass is 212 g/mol. The average molecular weight is 212 g/mol. The molecule has 0 atom stereocenters. The van der Waals surface area contributed by atoms with Gasteiger partial charge in [0.25, 0.3) is 0 Å². The maximum atomic E-state index is 13.4. The van der Waals surface area contributed by atoms with E-state index in [-0.39, 0.29) is 11.1 Å². The fraction of sp³-hybridized carbons (Fsp3) is 0.333. The molecule has 82 valence electrons. The highest BCUT2D eigenvalue weighted by Crippen LogP contribution is 2.24. The lowest BCUT2D eigenvalue weighted by Crippen LogP contribution is -2.16. The second-order valence-corrected chi connectivity index (χ2v) is 3.91. The van der Waals surface area contributed by atoms with Crippen LogP contribution in [0.15, 0.2) is 18.2 Å². The highest BCUT2D eigenvalue weighted by atomic mass is 19.1. The molecule has 3 heteroatoms. The Bertz CT molecular complexity index is 366. The first-order valence-electron chi connectivity index (χ1n) is 4.71. The molecule has 0 radical (unpaired) electrons. The molecule has 0 saturated carbocycles. The summed E-state index contributed by atoms with van der Waals surface area (Å²) >= 11 is 0. The predicted octanol–water partition coefficient (Wildman–Crippen LogP) is 3.23. The molecule has 0 aliphatic carbocycles. The molecular formula is C12H14F2O. The van der Waals surface area contributed by atoms with Gasteiger partial charge < -0.3 is 5.11 Å². The minimum Gasteiger partial charge on any atom is -0.386 e. The van der Waals surface area contributed by atoms with Crippen LogP contribution in [-0.4, -0.2) is 5.11 Å². The molecule has 1 N–H and O–H groups in total. The summed E-state index contributed by atoms with van der Waals surface area (Å²) in [7, 11) is 0. The van der Waals surface area contributed by atoms with Gasteiger partial charge in [0, 0.05) is 5.56 Å². The molecule has 0 bridgehead atoms. The van der Waals surface area contributed by atoms with Crippen molar-refractivity contribution in [2.75, 3.05) is 0 Å². The van der Waals surface area contributed by atoms with Gasteiger partial charge in [-0.15, -0.1) is 0 Å². The van der Waals surface area contributed by atoms with Gasteiger partial charge in [0.15, 0.2) is 0 Å². The van der Waals surface area contributed by atoms with Crippen LogP contribution in [0.25, 0.3) is 6.08 Å². The summed E-state index contributed by atoms with van der Waals surface area (Å²) in [5, 5.41) is 9.61. The summed E-state index contributed by atoms with van der Waals surface area (Å²) in [6, 6.07) is 2.30. The highest BCUT2D eigenvalue weighted by Gasteiger charge is 2.19. The van der Waals surface area contributed by atoms with E-state index >= 15 is 0 Å². The Kier molecular flexibility index (Phi) is 3.25. The normalized spacial score (nSPS) is 12.4. The number of rotatable bonds is 2. The van der Waals surface area contributed by atoms with Gasteiger partial charge in [-0.2, -0.15) is 0 Å². The third kappa shape index (κ3) is 2.63. The van der Waals surface area contributed by atoms with Gasteiger partial charge in [0.05, 0.1) is 5.60 Å². The van der Waals surface area contributed by atoms with Crippen molar-refractivity contribution >= 4 is 6.08 Å². The van der Waals surface area contributed by atoms with Crippen molar-refractivity contribution in [3.05, 3.63) is 41.0 Å². The fourth-order valence-electron chi connectivity index (χ4n) is 1.26. The smallest absolute Gasteiger partial charge is 0.133 e. The van der Waals surface area contributed by atoms with E-state index in [2.05, 4.69) is 0 Å². The van der Waals surface area contributed by atoms with E-state index in [1.165, 1.54) is 19.9 Å². The van der Waals surface area contributed by atoms with Crippen LogP contribution in [0.4, 0.5) is 8.78 Å². The van der Waals surface area contributed by atoms with Gasteiger partial charge in [-0.3, -0.25) is 0 Å². The standard InChI is InChI=1S/C12H14F2O/c1-4-5-9-10(13)6-8(7-11(9)14)12(2,3)15/h4-7,15H,1-3H3/b5-4+. The van der Waals surface area contributed by atoms with Gasteiger partial charge in [0.2, 0.25) is 0 Å². The SMILES string of the molecule is C/C=C/c1c(F)cc(C(C)(C)O)cc1F. The van der Waals surface area contributed by atoms with Crippen molar-refractivity contribution in [3.63, 3.8) is 0 Å². The van der Waals surface area contributed by atoms with Crippen molar-refractivity contribution in [2.45, 2.75) is 26.4 Å². The van der Waals surface area contributed by atoms with Crippen LogP contribution in [0.5, 0.6) is 0 Å². The molecule has 1 aromatic carbocycles. The van der Waals surface area contributed by atoms with E-state index in [0.29, 0.717) is 0 Å². The van der Waals surface area contributed by atoms with Crippen LogP contribution < -0.4 is 0 Å². The van der Waals surface area contributed by atoms with E-state index < -0.39 is 17.2 Å². The van der Waals surface area contributed by atoms with E-state index in [4.69, 9.17) is 0 Å². The molecule has 0 aliphatic rings. The minimum atomic E-state index is -1.24. The Balaban J connectivity index is 3.32. The van der Waals surface area contributed by atoms with Crippen molar-refractivity contribution in [2.24, 2.45) is 0 Å². The molecule has 1 nitrogen and oxygen atoms in total. The summed E-state index contributed by atoms with van der Waals surface area (Å²) < 4.78 is 26.9. The summed E-state index contributed by atoms with van der Waals surface area (Å²) in [4.78, 5) is 0. The molecule has 1 aromatic rings. The Morgan fingerprint density at radius 2 is 1.67 bits per heavy atom. The number of aliphatic hydroxyl groups is 1. The van der Waals surface area contributed by atoms with Crippen LogP contribution in [0.2, 0.25) is 0 Å². The molecule has 0 fully saturated rings. The van der Waals surface area contributed by atoms with E-state index in [0.717, 1.165) is 12.1 Å². The zero-order chi connectivity index (χ0) is 11.6. The largest absolute Gasteiger partial charge is 0.386 e. The van der Waals surface area contributed by atoms with Crippen LogP contribution >= 0.6 is 0 Å². The van der Waals surface area contributed by atoms with Crippen LogP contribution in [-0.2, 0) is 5.60 Å². The Morgan fingerprint density at radius 3 is 2.00 bits per heavy atom. The van der Waals surface area contributed by atoms with Gasteiger partial charge in [-0.1, -0.05) is 12.2 Å². The van der Waals surface area contributed by atoms with Crippen LogP contribution in [0.1, 0.15) is 31.9 Å². The van der Waals surface area contributed by atoms with Crippen molar-refractivity contribution in [1.82, 2.24) is 0 Å². The van der Waals surface area contributed by atoms with Gasteiger partial charge >= 0.3 is 0 Å². The first-order chi connectivity index (χ1) is 6.86. The Morgan fingerprint density at radius 1 is 1.20 bits per heavy atom. The Labute approximate surface area is 88.1 Å². The predicted molar refractivity (Wildman–Crippen MR) is 56.3 cm³/mol. The van der Waals surface area contributed by atoms with Crippen molar-refractivity contribution in [3.8, 4) is 0 Å². The lowest BCUT2D eigenvalue weighted by Gasteiger charge is -2.18. The fourth-order valence-corrected chi connectivity index (χ4v) is 1.26. The highest BCUT2D eigenvalue weighted by molar-refractivity contribution is 5.51. The molecule has 0 saturated heterocycles. The molecule has 1 rings (SSSR count). The lowest BCUT2D eigenvalue weighted by molar-refractivity contribution is 0.0778. The zero-order valence-corrected chi connectivity index (χ0v) is 9.01. The molecule has 15 heavy (non-hydrogen) atoms. The lowest BCUT2D eigenvalue weighted by atomic mass is 9.96. The maximum absolute atomic E-state index is 13.4. The number of benzene rings is 1. The number of hydrogen-bond donors (Lipinski definition) is 1. The number of hydrogen-bond acceptors (Lipinski definition) is 1. The van der Waals surface area contributed by atoms with Gasteiger partial charge in [-0.05, 0) is 38.5 Å². The van der Waals surface area contributed by atoms with E-state index in [1.54, 1.807) is 13.0 Å². The zero-order valence-electron chi connectivity index (χ0n) is 9.01. The molecule has 0 aromatic heterocycles. The average Bonchev–Trinajstić information content (AvgIpc) is 2.09. The summed E-state index contributed by atoms with van der Waals surface area (Å²) in [6.45, 7) is 4.65. The molecule has 0 unspecified atom stereocenters. The number of halogens is 2. The third-order valence-electron chi connectivity index (χ3n) is 2.12. The van der Waals surface area contributed by atoms with Crippen molar-refractivity contribution in [1.29, 1.82) is 0 Å². The third-order valence-corrected chi connectivity index (χ3v) is 2.12. The van der Waals surface area contributed by atoms with Gasteiger partial charge in [0.1, 0.15) is 11.6 Å². The first-order valence-corrected chi connectivity index (χ1v) is 4.71.